The molecular weight excluding hydrogens is 246 g/mol. The van der Waals surface area contributed by atoms with Crippen molar-refractivity contribution >= 4 is 40.6 Å². The summed E-state index contributed by atoms with van der Waals surface area (Å²) in [6, 6.07) is 0. The fourth-order valence-electron chi connectivity index (χ4n) is 0.783. The Labute approximate surface area is 99.2 Å². The van der Waals surface area contributed by atoms with Crippen molar-refractivity contribution in [2.75, 3.05) is 7.11 Å². The molecule has 0 aliphatic heterocycles. The molecule has 0 fully saturated rings. The average molecular weight is 260 g/mol. The SMILES string of the molecule is CO/C(=C\C(=O)C(Cl)(Cl)Cl)C(C)(C)C. The van der Waals surface area contributed by atoms with E-state index in [-0.39, 0.29) is 5.41 Å². The third kappa shape index (κ3) is 4.54. The summed E-state index contributed by atoms with van der Waals surface area (Å²) in [6.45, 7) is 5.69. The number of carbonyl (C=O) groups excluding carboxylic acids is 1. The summed E-state index contributed by atoms with van der Waals surface area (Å²) in [5.41, 5.74) is -0.291. The normalized spacial score (nSPS) is 14.1. The number of ketones is 1. The quantitative estimate of drug-likeness (QED) is 0.431. The Balaban J connectivity index is 4.89. The lowest BCUT2D eigenvalue weighted by Crippen LogP contribution is -2.20. The summed E-state index contributed by atoms with van der Waals surface area (Å²) < 4.78 is 3.12. The van der Waals surface area contributed by atoms with Crippen molar-refractivity contribution in [1.29, 1.82) is 0 Å². The summed E-state index contributed by atoms with van der Waals surface area (Å²) in [5.74, 6) is -0.122. The van der Waals surface area contributed by atoms with Crippen LogP contribution in [0.25, 0.3) is 0 Å². The molecule has 0 saturated heterocycles. The van der Waals surface area contributed by atoms with Gasteiger partial charge in [0.1, 0.15) is 5.76 Å². The molecule has 0 aliphatic rings. The predicted octanol–water partition coefficient (Wildman–Crippen LogP) is 3.50. The van der Waals surface area contributed by atoms with Crippen molar-refractivity contribution in [3.8, 4) is 0 Å². The predicted molar refractivity (Wildman–Crippen MR) is 59.8 cm³/mol. The first-order valence-corrected chi connectivity index (χ1v) is 5.09. The van der Waals surface area contributed by atoms with Gasteiger partial charge in [0.25, 0.3) is 3.79 Å². The van der Waals surface area contributed by atoms with Crippen LogP contribution in [0, 0.1) is 5.41 Å². The van der Waals surface area contributed by atoms with Crippen LogP contribution in [-0.2, 0) is 9.53 Å². The van der Waals surface area contributed by atoms with Crippen LogP contribution in [0.5, 0.6) is 0 Å². The molecule has 0 aromatic carbocycles. The number of hydrogen-bond donors (Lipinski definition) is 0. The highest BCUT2D eigenvalue weighted by Gasteiger charge is 2.30. The first-order valence-electron chi connectivity index (χ1n) is 3.96. The van der Waals surface area contributed by atoms with E-state index in [0.717, 1.165) is 0 Å². The van der Waals surface area contributed by atoms with Crippen LogP contribution < -0.4 is 0 Å². The monoisotopic (exact) mass is 258 g/mol. The fraction of sp³-hybridized carbons (Fsp3) is 0.667. The van der Waals surface area contributed by atoms with E-state index in [2.05, 4.69) is 0 Å². The Morgan fingerprint density at radius 3 is 1.86 bits per heavy atom. The van der Waals surface area contributed by atoms with Crippen molar-refractivity contribution in [2.24, 2.45) is 5.41 Å². The fourth-order valence-corrected chi connectivity index (χ4v) is 0.946. The summed E-state index contributed by atoms with van der Waals surface area (Å²) in [7, 11) is 1.47. The van der Waals surface area contributed by atoms with E-state index < -0.39 is 9.58 Å². The summed E-state index contributed by atoms with van der Waals surface area (Å²) >= 11 is 16.2. The van der Waals surface area contributed by atoms with Gasteiger partial charge < -0.3 is 4.74 Å². The lowest BCUT2D eigenvalue weighted by atomic mass is 9.93. The molecule has 82 valence electrons. The third-order valence-electron chi connectivity index (χ3n) is 1.50. The number of carbonyl (C=O) groups is 1. The standard InChI is InChI=1S/C9H13Cl3O2/c1-8(2,3)7(14-4)5-6(13)9(10,11)12/h5H,1-4H3/b7-5-. The highest BCUT2D eigenvalue weighted by atomic mass is 35.6. The highest BCUT2D eigenvalue weighted by molar-refractivity contribution is 6.77. The Bertz CT molecular complexity index is 246. The first-order chi connectivity index (χ1) is 6.09. The third-order valence-corrected chi connectivity index (χ3v) is 2.06. The molecule has 14 heavy (non-hydrogen) atoms. The van der Waals surface area contributed by atoms with Gasteiger partial charge in [-0.1, -0.05) is 55.6 Å². The van der Waals surface area contributed by atoms with Crippen molar-refractivity contribution in [1.82, 2.24) is 0 Å². The Hall–Kier alpha value is 0.0800. The van der Waals surface area contributed by atoms with Gasteiger partial charge in [-0.3, -0.25) is 4.79 Å². The largest absolute Gasteiger partial charge is 0.500 e. The molecule has 0 aromatic rings. The first kappa shape index (κ1) is 14.1. The van der Waals surface area contributed by atoms with E-state index in [0.29, 0.717) is 5.76 Å². The number of alkyl halides is 3. The molecule has 0 N–H and O–H groups in total. The van der Waals surface area contributed by atoms with Gasteiger partial charge >= 0.3 is 0 Å². The zero-order valence-electron chi connectivity index (χ0n) is 8.53. The van der Waals surface area contributed by atoms with E-state index in [9.17, 15) is 4.79 Å². The summed E-state index contributed by atoms with van der Waals surface area (Å²) in [6.07, 6.45) is 1.22. The number of ether oxygens (including phenoxy) is 1. The molecule has 0 aromatic heterocycles. The molecule has 0 saturated carbocycles. The maximum absolute atomic E-state index is 11.3. The molecule has 0 radical (unpaired) electrons. The topological polar surface area (TPSA) is 26.3 Å². The molecule has 0 amide bonds. The molecule has 0 unspecified atom stereocenters. The lowest BCUT2D eigenvalue weighted by molar-refractivity contribution is -0.114. The van der Waals surface area contributed by atoms with E-state index in [1.165, 1.54) is 13.2 Å². The van der Waals surface area contributed by atoms with Gasteiger partial charge in [-0.15, -0.1) is 0 Å². The van der Waals surface area contributed by atoms with Crippen LogP contribution in [0.2, 0.25) is 0 Å². The van der Waals surface area contributed by atoms with Crippen molar-refractivity contribution in [2.45, 2.75) is 24.6 Å². The van der Waals surface area contributed by atoms with Crippen LogP contribution >= 0.6 is 34.8 Å². The summed E-state index contributed by atoms with van der Waals surface area (Å²) in [4.78, 5) is 11.3. The molecule has 0 bridgehead atoms. The number of rotatable bonds is 2. The zero-order valence-corrected chi connectivity index (χ0v) is 10.8. The maximum Gasteiger partial charge on any atom is 0.252 e. The number of allylic oxidation sites excluding steroid dienone is 2. The highest BCUT2D eigenvalue weighted by Crippen LogP contribution is 2.31. The minimum atomic E-state index is -1.92. The second-order valence-electron chi connectivity index (χ2n) is 3.82. The van der Waals surface area contributed by atoms with Gasteiger partial charge in [0.15, 0.2) is 0 Å². The van der Waals surface area contributed by atoms with E-state index >= 15 is 0 Å². The van der Waals surface area contributed by atoms with Gasteiger partial charge in [0.2, 0.25) is 5.78 Å². The second kappa shape index (κ2) is 4.73. The molecular formula is C9H13Cl3O2. The van der Waals surface area contributed by atoms with E-state index in [1.807, 2.05) is 20.8 Å². The van der Waals surface area contributed by atoms with Crippen molar-refractivity contribution in [3.63, 3.8) is 0 Å². The second-order valence-corrected chi connectivity index (χ2v) is 6.11. The maximum atomic E-state index is 11.3. The van der Waals surface area contributed by atoms with Gasteiger partial charge in [0, 0.05) is 11.5 Å². The molecule has 0 spiro atoms. The van der Waals surface area contributed by atoms with Crippen LogP contribution in [0.15, 0.2) is 11.8 Å². The molecule has 0 atom stereocenters. The molecule has 5 heteroatoms. The van der Waals surface area contributed by atoms with E-state index in [1.54, 1.807) is 0 Å². The smallest absolute Gasteiger partial charge is 0.252 e. The molecule has 2 nitrogen and oxygen atoms in total. The minimum absolute atomic E-state index is 0.291. The van der Waals surface area contributed by atoms with Crippen LogP contribution in [0.3, 0.4) is 0 Å². The Morgan fingerprint density at radius 2 is 1.64 bits per heavy atom. The minimum Gasteiger partial charge on any atom is -0.500 e. The van der Waals surface area contributed by atoms with Gasteiger partial charge in [-0.25, -0.2) is 0 Å². The Morgan fingerprint density at radius 1 is 1.21 bits per heavy atom. The average Bonchev–Trinajstić information content (AvgIpc) is 1.95. The number of methoxy groups -OCH3 is 1. The van der Waals surface area contributed by atoms with Gasteiger partial charge in [-0.2, -0.15) is 0 Å². The number of halogens is 3. The lowest BCUT2D eigenvalue weighted by Gasteiger charge is -2.21. The van der Waals surface area contributed by atoms with E-state index in [4.69, 9.17) is 39.5 Å². The zero-order chi connectivity index (χ0) is 11.6. The number of hydrogen-bond acceptors (Lipinski definition) is 2. The van der Waals surface area contributed by atoms with Crippen molar-refractivity contribution in [3.05, 3.63) is 11.8 Å². The molecule has 0 aliphatic carbocycles. The Kier molecular flexibility index (Phi) is 4.76. The summed E-state index contributed by atoms with van der Waals surface area (Å²) in [5, 5.41) is 0. The van der Waals surface area contributed by atoms with Gasteiger partial charge in [0.05, 0.1) is 7.11 Å². The van der Waals surface area contributed by atoms with Crippen LogP contribution in [-0.4, -0.2) is 16.7 Å². The van der Waals surface area contributed by atoms with Crippen molar-refractivity contribution < 1.29 is 9.53 Å². The molecule has 0 heterocycles. The van der Waals surface area contributed by atoms with Crippen LogP contribution in [0.1, 0.15) is 20.8 Å². The van der Waals surface area contributed by atoms with Gasteiger partial charge in [-0.05, 0) is 0 Å². The molecule has 0 rings (SSSR count). The van der Waals surface area contributed by atoms with Crippen LogP contribution in [0.4, 0.5) is 0 Å².